The Bertz CT molecular complexity index is 838. The number of amides is 1. The molecule has 0 aliphatic rings. The number of hydrogen-bond acceptors (Lipinski definition) is 5. The van der Waals surface area contributed by atoms with Crippen molar-refractivity contribution in [1.29, 1.82) is 0 Å². The fraction of sp³-hybridized carbons (Fsp3) is 0.235. The molecule has 0 spiro atoms. The van der Waals surface area contributed by atoms with Crippen LogP contribution in [0.5, 0.6) is 5.75 Å². The van der Waals surface area contributed by atoms with Gasteiger partial charge in [0.25, 0.3) is 11.6 Å². The molecular formula is C17H15F3N2O5. The minimum Gasteiger partial charge on any atom is -0.490 e. The van der Waals surface area contributed by atoms with E-state index in [0.717, 1.165) is 13.0 Å². The Morgan fingerprint density at radius 3 is 2.41 bits per heavy atom. The Labute approximate surface area is 151 Å². The SMILES string of the molecule is CC(O)(COc1ccccc1)C(=O)Nc1ccc([N+](=O)[O-])c(C(F)(F)F)c1. The van der Waals surface area contributed by atoms with Crippen LogP contribution >= 0.6 is 0 Å². The van der Waals surface area contributed by atoms with Gasteiger partial charge in [0.1, 0.15) is 17.9 Å². The van der Waals surface area contributed by atoms with Gasteiger partial charge in [0.15, 0.2) is 5.60 Å². The number of hydrogen-bond donors (Lipinski definition) is 2. The molecule has 0 radical (unpaired) electrons. The Hall–Kier alpha value is -3.14. The lowest BCUT2D eigenvalue weighted by molar-refractivity contribution is -0.388. The van der Waals surface area contributed by atoms with E-state index in [-0.39, 0.29) is 5.69 Å². The minimum absolute atomic E-state index is 0.349. The first kappa shape index (κ1) is 20.2. The molecule has 2 aromatic rings. The quantitative estimate of drug-likeness (QED) is 0.587. The predicted molar refractivity (Wildman–Crippen MR) is 89.3 cm³/mol. The Kier molecular flexibility index (Phi) is 5.69. The molecule has 144 valence electrons. The molecule has 0 aromatic heterocycles. The van der Waals surface area contributed by atoms with Gasteiger partial charge in [-0.15, -0.1) is 0 Å². The molecule has 7 nitrogen and oxygen atoms in total. The molecule has 0 aliphatic heterocycles. The molecule has 2 N–H and O–H groups in total. The van der Waals surface area contributed by atoms with Gasteiger partial charge in [0.2, 0.25) is 0 Å². The Morgan fingerprint density at radius 1 is 1.22 bits per heavy atom. The summed E-state index contributed by atoms with van der Waals surface area (Å²) in [5.41, 5.74) is -5.06. The largest absolute Gasteiger partial charge is 0.490 e. The van der Waals surface area contributed by atoms with Crippen LogP contribution in [0.1, 0.15) is 12.5 Å². The van der Waals surface area contributed by atoms with Crippen LogP contribution in [0.3, 0.4) is 0 Å². The first-order chi connectivity index (χ1) is 12.5. The number of alkyl halides is 3. The predicted octanol–water partition coefficient (Wildman–Crippen LogP) is 3.38. The van der Waals surface area contributed by atoms with Crippen molar-refractivity contribution in [3.8, 4) is 5.75 Å². The summed E-state index contributed by atoms with van der Waals surface area (Å²) in [5, 5.41) is 23.1. The van der Waals surface area contributed by atoms with E-state index in [2.05, 4.69) is 5.32 Å². The summed E-state index contributed by atoms with van der Waals surface area (Å²) in [6.07, 6.45) is -4.98. The molecule has 0 bridgehead atoms. The summed E-state index contributed by atoms with van der Waals surface area (Å²) in [6, 6.07) is 10.3. The standard InChI is InChI=1S/C17H15F3N2O5/c1-16(24,10-27-12-5-3-2-4-6-12)15(23)21-11-7-8-14(22(25)26)13(9-11)17(18,19)20/h2-9,24H,10H2,1H3,(H,21,23). The third kappa shape index (κ3) is 5.17. The number of benzene rings is 2. The molecule has 0 heterocycles. The first-order valence-corrected chi connectivity index (χ1v) is 7.58. The number of para-hydroxylation sites is 1. The van der Waals surface area contributed by atoms with Crippen LogP contribution < -0.4 is 10.1 Å². The van der Waals surface area contributed by atoms with Crippen molar-refractivity contribution in [3.63, 3.8) is 0 Å². The van der Waals surface area contributed by atoms with Crippen molar-refractivity contribution >= 4 is 17.3 Å². The van der Waals surface area contributed by atoms with Gasteiger partial charge in [0.05, 0.1) is 4.92 Å². The third-order valence-electron chi connectivity index (χ3n) is 3.51. The highest BCUT2D eigenvalue weighted by molar-refractivity contribution is 5.97. The van der Waals surface area contributed by atoms with E-state index in [1.165, 1.54) is 0 Å². The van der Waals surface area contributed by atoms with Gasteiger partial charge in [0, 0.05) is 11.8 Å². The van der Waals surface area contributed by atoms with E-state index in [4.69, 9.17) is 4.74 Å². The van der Waals surface area contributed by atoms with E-state index in [0.29, 0.717) is 17.9 Å². The highest BCUT2D eigenvalue weighted by atomic mass is 19.4. The number of nitro groups is 1. The first-order valence-electron chi connectivity index (χ1n) is 7.58. The normalized spacial score (nSPS) is 13.5. The van der Waals surface area contributed by atoms with Crippen LogP contribution in [0.4, 0.5) is 24.5 Å². The van der Waals surface area contributed by atoms with Crippen molar-refractivity contribution in [1.82, 2.24) is 0 Å². The topological polar surface area (TPSA) is 102 Å². The summed E-state index contributed by atoms with van der Waals surface area (Å²) < 4.78 is 44.2. The van der Waals surface area contributed by atoms with Crippen LogP contribution in [-0.2, 0) is 11.0 Å². The molecular weight excluding hydrogens is 369 g/mol. The zero-order valence-electron chi connectivity index (χ0n) is 14.0. The van der Waals surface area contributed by atoms with Gasteiger partial charge in [-0.25, -0.2) is 0 Å². The molecule has 0 saturated carbocycles. The second-order valence-corrected chi connectivity index (χ2v) is 5.82. The zero-order valence-corrected chi connectivity index (χ0v) is 14.0. The fourth-order valence-corrected chi connectivity index (χ4v) is 2.07. The number of aliphatic hydroxyl groups is 1. The molecule has 1 unspecified atom stereocenters. The Morgan fingerprint density at radius 2 is 1.85 bits per heavy atom. The smallest absolute Gasteiger partial charge is 0.423 e. The van der Waals surface area contributed by atoms with Gasteiger partial charge < -0.3 is 15.2 Å². The van der Waals surface area contributed by atoms with Crippen molar-refractivity contribution in [2.75, 3.05) is 11.9 Å². The van der Waals surface area contributed by atoms with Crippen molar-refractivity contribution < 1.29 is 32.7 Å². The third-order valence-corrected chi connectivity index (χ3v) is 3.51. The van der Waals surface area contributed by atoms with Crippen LogP contribution in [-0.4, -0.2) is 28.1 Å². The zero-order chi connectivity index (χ0) is 20.2. The van der Waals surface area contributed by atoms with E-state index >= 15 is 0 Å². The molecule has 1 amide bonds. The second-order valence-electron chi connectivity index (χ2n) is 5.82. The maximum atomic E-state index is 13.0. The molecule has 0 fully saturated rings. The number of nitro benzene ring substituents is 1. The average Bonchev–Trinajstić information content (AvgIpc) is 2.60. The maximum Gasteiger partial charge on any atom is 0.423 e. The molecule has 27 heavy (non-hydrogen) atoms. The van der Waals surface area contributed by atoms with Crippen LogP contribution in [0.25, 0.3) is 0 Å². The summed E-state index contributed by atoms with van der Waals surface area (Å²) in [4.78, 5) is 21.8. The van der Waals surface area contributed by atoms with E-state index in [9.17, 15) is 33.2 Å². The Balaban J connectivity index is 2.15. The second kappa shape index (κ2) is 7.62. The van der Waals surface area contributed by atoms with Gasteiger partial charge in [-0.3, -0.25) is 14.9 Å². The summed E-state index contributed by atoms with van der Waals surface area (Å²) in [6.45, 7) is 0.670. The number of nitrogens with zero attached hydrogens (tertiary/aromatic N) is 1. The van der Waals surface area contributed by atoms with Gasteiger partial charge in [-0.05, 0) is 31.2 Å². The number of anilines is 1. The van der Waals surface area contributed by atoms with Gasteiger partial charge in [-0.1, -0.05) is 18.2 Å². The monoisotopic (exact) mass is 384 g/mol. The molecule has 0 saturated heterocycles. The van der Waals surface area contributed by atoms with E-state index < -0.39 is 40.5 Å². The number of halogens is 3. The van der Waals surface area contributed by atoms with Crippen LogP contribution in [0, 0.1) is 10.1 Å². The van der Waals surface area contributed by atoms with Crippen LogP contribution in [0.15, 0.2) is 48.5 Å². The molecule has 1 atom stereocenters. The van der Waals surface area contributed by atoms with Crippen molar-refractivity contribution in [3.05, 3.63) is 64.2 Å². The number of rotatable bonds is 6. The fourth-order valence-electron chi connectivity index (χ4n) is 2.07. The summed E-state index contributed by atoms with van der Waals surface area (Å²) in [7, 11) is 0. The van der Waals surface area contributed by atoms with Gasteiger partial charge in [-0.2, -0.15) is 13.2 Å². The number of ether oxygens (including phenoxy) is 1. The van der Waals surface area contributed by atoms with E-state index in [1.807, 2.05) is 0 Å². The highest BCUT2D eigenvalue weighted by Gasteiger charge is 2.39. The number of nitrogens with one attached hydrogen (secondary N) is 1. The van der Waals surface area contributed by atoms with Crippen molar-refractivity contribution in [2.24, 2.45) is 0 Å². The average molecular weight is 384 g/mol. The molecule has 10 heteroatoms. The minimum atomic E-state index is -4.98. The molecule has 0 aliphatic carbocycles. The maximum absolute atomic E-state index is 13.0. The lowest BCUT2D eigenvalue weighted by Crippen LogP contribution is -2.45. The van der Waals surface area contributed by atoms with Crippen molar-refractivity contribution in [2.45, 2.75) is 18.7 Å². The lowest BCUT2D eigenvalue weighted by Gasteiger charge is -2.22. The lowest BCUT2D eigenvalue weighted by atomic mass is 10.1. The van der Waals surface area contributed by atoms with Crippen LogP contribution in [0.2, 0.25) is 0 Å². The number of carbonyl (C=O) groups excluding carboxylic acids is 1. The van der Waals surface area contributed by atoms with E-state index in [1.54, 1.807) is 30.3 Å². The number of carbonyl (C=O) groups is 1. The molecule has 2 aromatic carbocycles. The molecule has 2 rings (SSSR count). The highest BCUT2D eigenvalue weighted by Crippen LogP contribution is 2.37. The van der Waals surface area contributed by atoms with Gasteiger partial charge >= 0.3 is 6.18 Å². The summed E-state index contributed by atoms with van der Waals surface area (Å²) in [5.74, 6) is -0.638. The summed E-state index contributed by atoms with van der Waals surface area (Å²) >= 11 is 0.